The summed E-state index contributed by atoms with van der Waals surface area (Å²) < 4.78 is 33.9. The molecule has 0 bridgehead atoms. The van der Waals surface area contributed by atoms with E-state index in [1.165, 1.54) is 26.2 Å². The van der Waals surface area contributed by atoms with E-state index >= 15 is 0 Å². The lowest BCUT2D eigenvalue weighted by molar-refractivity contribution is -0.286. The minimum absolute atomic E-state index is 0.0875. The average Bonchev–Trinajstić information content (AvgIpc) is 3.05. The van der Waals surface area contributed by atoms with Crippen molar-refractivity contribution in [1.82, 2.24) is 4.90 Å². The average molecular weight is 423 g/mol. The number of methoxy groups -OCH3 is 2. The highest BCUT2D eigenvalue weighted by Gasteiger charge is 2.64. The number of likely N-dealkylation sites (N-methyl/N-ethyl adjacent to an activating group) is 1. The number of hydrogen-bond donors (Lipinski definition) is 0. The van der Waals surface area contributed by atoms with Crippen molar-refractivity contribution in [1.29, 1.82) is 0 Å². The van der Waals surface area contributed by atoms with Gasteiger partial charge < -0.3 is 33.3 Å². The molecule has 9 heteroatoms. The normalized spacial score (nSPS) is 32.2. The van der Waals surface area contributed by atoms with Crippen LogP contribution >= 0.6 is 0 Å². The molecule has 0 N–H and O–H groups in total. The summed E-state index contributed by atoms with van der Waals surface area (Å²) in [5.74, 6) is -1.62. The molecule has 0 aliphatic carbocycles. The predicted octanol–water partition coefficient (Wildman–Crippen LogP) is 2.08. The molecule has 0 radical (unpaired) electrons. The maximum absolute atomic E-state index is 12.9. The van der Waals surface area contributed by atoms with Crippen molar-refractivity contribution in [2.45, 2.75) is 63.3 Å². The molecule has 9 nitrogen and oxygen atoms in total. The van der Waals surface area contributed by atoms with Crippen LogP contribution in [0.3, 0.4) is 0 Å². The minimum atomic E-state index is -1.57. The summed E-state index contributed by atoms with van der Waals surface area (Å²) in [4.78, 5) is 26.9. The van der Waals surface area contributed by atoms with Gasteiger partial charge in [-0.3, -0.25) is 0 Å². The Hall–Kier alpha value is -2.20. The molecule has 2 saturated heterocycles. The van der Waals surface area contributed by atoms with Gasteiger partial charge in [0.2, 0.25) is 0 Å². The fourth-order valence-electron chi connectivity index (χ4n) is 4.04. The smallest absolute Gasteiger partial charge is 0.410 e. The van der Waals surface area contributed by atoms with Crippen LogP contribution in [0, 0.1) is 0 Å². The molecule has 1 amide bonds. The van der Waals surface area contributed by atoms with E-state index in [9.17, 15) is 9.59 Å². The molecule has 0 spiro atoms. The standard InChI is InChI=1S/C21H29NO8/c1-20(2)28-14-15(29-20)17(25-5)30-21(3,18(23)26-6)16(14)22(4)19(24)27-12-13-10-8-7-9-11-13/h7-11,14-17H,12H2,1-6H3/t14-,15+,16-,17+,21?/m1/s1. The molecular weight excluding hydrogens is 394 g/mol. The molecular formula is C21H29NO8. The largest absolute Gasteiger partial charge is 0.467 e. The van der Waals surface area contributed by atoms with Crippen LogP contribution < -0.4 is 0 Å². The van der Waals surface area contributed by atoms with Crippen molar-refractivity contribution >= 4 is 12.1 Å². The topological polar surface area (TPSA) is 92.8 Å². The molecule has 1 unspecified atom stereocenters. The van der Waals surface area contributed by atoms with Gasteiger partial charge in [0.05, 0.1) is 7.11 Å². The Bertz CT molecular complexity index is 770. The predicted molar refractivity (Wildman–Crippen MR) is 104 cm³/mol. The van der Waals surface area contributed by atoms with Gasteiger partial charge in [0, 0.05) is 14.2 Å². The molecule has 0 saturated carbocycles. The van der Waals surface area contributed by atoms with Crippen LogP contribution in [-0.4, -0.2) is 74.2 Å². The first-order chi connectivity index (χ1) is 14.1. The van der Waals surface area contributed by atoms with Crippen LogP contribution in [-0.2, 0) is 39.8 Å². The monoisotopic (exact) mass is 423 g/mol. The summed E-state index contributed by atoms with van der Waals surface area (Å²) in [6.07, 6.45) is -2.88. The molecule has 2 fully saturated rings. The SMILES string of the molecule is COC(=O)C1(C)O[C@H](OC)[C@H]2OC(C)(C)O[C@H]2[C@H]1N(C)C(=O)OCc1ccccc1. The van der Waals surface area contributed by atoms with E-state index in [-0.39, 0.29) is 6.61 Å². The van der Waals surface area contributed by atoms with Crippen molar-refractivity contribution in [2.75, 3.05) is 21.3 Å². The third kappa shape index (κ3) is 4.15. The van der Waals surface area contributed by atoms with Crippen LogP contribution in [0.2, 0.25) is 0 Å². The highest BCUT2D eigenvalue weighted by atomic mass is 16.8. The molecule has 5 atom stereocenters. The van der Waals surface area contributed by atoms with E-state index in [1.807, 2.05) is 30.3 Å². The first-order valence-corrected chi connectivity index (χ1v) is 9.71. The minimum Gasteiger partial charge on any atom is -0.467 e. The lowest BCUT2D eigenvalue weighted by atomic mass is 9.84. The van der Waals surface area contributed by atoms with E-state index in [0.29, 0.717) is 0 Å². The van der Waals surface area contributed by atoms with Gasteiger partial charge in [-0.2, -0.15) is 0 Å². The van der Waals surface area contributed by atoms with Gasteiger partial charge >= 0.3 is 12.1 Å². The number of ether oxygens (including phenoxy) is 6. The van der Waals surface area contributed by atoms with Gasteiger partial charge in [0.1, 0.15) is 24.9 Å². The zero-order valence-electron chi connectivity index (χ0n) is 18.1. The Morgan fingerprint density at radius 2 is 1.67 bits per heavy atom. The maximum atomic E-state index is 12.9. The van der Waals surface area contributed by atoms with Crippen LogP contribution in [0.4, 0.5) is 4.79 Å². The van der Waals surface area contributed by atoms with Gasteiger partial charge in [0.25, 0.3) is 0 Å². The van der Waals surface area contributed by atoms with E-state index in [0.717, 1.165) is 5.56 Å². The summed E-state index contributed by atoms with van der Waals surface area (Å²) in [5.41, 5.74) is -0.727. The van der Waals surface area contributed by atoms with E-state index in [4.69, 9.17) is 28.4 Å². The molecule has 166 valence electrons. The third-order valence-electron chi connectivity index (χ3n) is 5.40. The lowest BCUT2D eigenvalue weighted by Crippen LogP contribution is -2.71. The van der Waals surface area contributed by atoms with Crippen LogP contribution in [0.15, 0.2) is 30.3 Å². The molecule has 2 aliphatic heterocycles. The second kappa shape index (κ2) is 8.50. The number of carbonyl (C=O) groups is 2. The summed E-state index contributed by atoms with van der Waals surface area (Å²) in [5, 5.41) is 0. The van der Waals surface area contributed by atoms with Crippen molar-refractivity contribution in [2.24, 2.45) is 0 Å². The Kier molecular flexibility index (Phi) is 6.37. The van der Waals surface area contributed by atoms with Crippen LogP contribution in [0.25, 0.3) is 0 Å². The molecule has 1 aromatic carbocycles. The number of amides is 1. The van der Waals surface area contributed by atoms with Crippen molar-refractivity contribution in [3.8, 4) is 0 Å². The van der Waals surface area contributed by atoms with Crippen molar-refractivity contribution in [3.63, 3.8) is 0 Å². The van der Waals surface area contributed by atoms with Gasteiger partial charge in [-0.15, -0.1) is 0 Å². The summed E-state index contributed by atoms with van der Waals surface area (Å²) in [6.45, 7) is 5.13. The maximum Gasteiger partial charge on any atom is 0.410 e. The molecule has 30 heavy (non-hydrogen) atoms. The van der Waals surface area contributed by atoms with E-state index < -0.39 is 48.0 Å². The quantitative estimate of drug-likeness (QED) is 0.665. The highest BCUT2D eigenvalue weighted by Crippen LogP contribution is 2.43. The number of esters is 1. The van der Waals surface area contributed by atoms with E-state index in [2.05, 4.69) is 0 Å². The molecule has 1 aromatic rings. The number of nitrogens with zero attached hydrogens (tertiary/aromatic N) is 1. The molecule has 2 heterocycles. The zero-order valence-corrected chi connectivity index (χ0v) is 18.1. The lowest BCUT2D eigenvalue weighted by Gasteiger charge is -2.49. The van der Waals surface area contributed by atoms with E-state index in [1.54, 1.807) is 20.8 Å². The van der Waals surface area contributed by atoms with Crippen molar-refractivity contribution in [3.05, 3.63) is 35.9 Å². The Morgan fingerprint density at radius 3 is 2.27 bits per heavy atom. The summed E-state index contributed by atoms with van der Waals surface area (Å²) in [6, 6.07) is 8.42. The summed E-state index contributed by atoms with van der Waals surface area (Å²) in [7, 11) is 4.24. The number of fused-ring (bicyclic) bond motifs is 1. The highest BCUT2D eigenvalue weighted by molar-refractivity contribution is 5.82. The second-order valence-electron chi connectivity index (χ2n) is 7.98. The Morgan fingerprint density at radius 1 is 1.03 bits per heavy atom. The fraction of sp³-hybridized carbons (Fsp3) is 0.619. The first kappa shape index (κ1) is 22.5. The van der Waals surface area contributed by atoms with Crippen molar-refractivity contribution < 1.29 is 38.0 Å². The first-order valence-electron chi connectivity index (χ1n) is 9.71. The van der Waals surface area contributed by atoms with Gasteiger partial charge in [0.15, 0.2) is 17.7 Å². The number of hydrogen-bond acceptors (Lipinski definition) is 8. The Balaban J connectivity index is 1.88. The zero-order chi connectivity index (χ0) is 22.1. The third-order valence-corrected chi connectivity index (χ3v) is 5.40. The van der Waals surface area contributed by atoms with Gasteiger partial charge in [-0.25, -0.2) is 9.59 Å². The van der Waals surface area contributed by atoms with Gasteiger partial charge in [-0.1, -0.05) is 30.3 Å². The van der Waals surface area contributed by atoms with Crippen LogP contribution in [0.5, 0.6) is 0 Å². The molecule has 3 rings (SSSR count). The number of rotatable bonds is 5. The summed E-state index contributed by atoms with van der Waals surface area (Å²) >= 11 is 0. The van der Waals surface area contributed by atoms with Gasteiger partial charge in [-0.05, 0) is 26.3 Å². The number of carbonyl (C=O) groups excluding carboxylic acids is 2. The fourth-order valence-corrected chi connectivity index (χ4v) is 4.04. The van der Waals surface area contributed by atoms with Crippen LogP contribution in [0.1, 0.15) is 26.3 Å². The number of benzene rings is 1. The molecule has 2 aliphatic rings. The second-order valence-corrected chi connectivity index (χ2v) is 7.98. The Labute approximate surface area is 176 Å². The molecule has 0 aromatic heterocycles.